The molecule has 0 aliphatic heterocycles. The van der Waals surface area contributed by atoms with E-state index in [0.717, 1.165) is 10.2 Å². The number of hydrogen-bond acceptors (Lipinski definition) is 1. The Morgan fingerprint density at radius 3 is 2.64 bits per heavy atom. The van der Waals surface area contributed by atoms with Crippen molar-refractivity contribution in [2.75, 3.05) is 0 Å². The molecule has 11 heavy (non-hydrogen) atoms. The molecule has 0 aliphatic carbocycles. The molecule has 0 saturated heterocycles. The second kappa shape index (κ2) is 3.23. The van der Waals surface area contributed by atoms with Crippen LogP contribution in [0.5, 0.6) is 0 Å². The van der Waals surface area contributed by atoms with Crippen molar-refractivity contribution in [2.24, 2.45) is 0 Å². The molecule has 0 radical (unpaired) electrons. The fourth-order valence-corrected chi connectivity index (χ4v) is 2.11. The summed E-state index contributed by atoms with van der Waals surface area (Å²) in [6.07, 6.45) is 1.87. The second-order valence-electron chi connectivity index (χ2n) is 2.57. The summed E-state index contributed by atoms with van der Waals surface area (Å²) in [5.41, 5.74) is 3.53. The first-order chi connectivity index (χ1) is 5.15. The average Bonchev–Trinajstić information content (AvgIpc) is 1.85. The molecule has 1 rings (SSSR count). The summed E-state index contributed by atoms with van der Waals surface area (Å²) in [5, 5.41) is 0. The summed E-state index contributed by atoms with van der Waals surface area (Å²) in [7, 11) is 0. The number of aromatic nitrogens is 1. The van der Waals surface area contributed by atoms with Gasteiger partial charge in [0.2, 0.25) is 0 Å². The van der Waals surface area contributed by atoms with E-state index in [1.165, 1.54) is 11.1 Å². The monoisotopic (exact) mass is 209 g/mol. The predicted octanol–water partition coefficient (Wildman–Crippen LogP) is 0.600. The number of hydrogen-bond donors (Lipinski definition) is 0. The zero-order valence-corrected chi connectivity index (χ0v) is 9.31. The standard InChI is InChI=1S/C9H12AsN/c1-4-8-6(2)5-9(10)11-7(8)3/h4-5H,1,10H2,2-3H3. The van der Waals surface area contributed by atoms with Crippen LogP contribution in [0.4, 0.5) is 0 Å². The zero-order valence-electron chi connectivity index (χ0n) is 6.89. The maximum absolute atomic E-state index is 4.36. The molecule has 1 aromatic rings. The third-order valence-corrected chi connectivity index (χ3v) is 2.30. The number of pyridine rings is 1. The summed E-state index contributed by atoms with van der Waals surface area (Å²) in [6, 6.07) is 2.10. The summed E-state index contributed by atoms with van der Waals surface area (Å²) < 4.78 is 1.14. The van der Waals surface area contributed by atoms with Crippen LogP contribution in [0.25, 0.3) is 6.08 Å². The average molecular weight is 209 g/mol. The van der Waals surface area contributed by atoms with Gasteiger partial charge in [0.25, 0.3) is 0 Å². The van der Waals surface area contributed by atoms with E-state index in [-0.39, 0.29) is 0 Å². The van der Waals surface area contributed by atoms with Crippen molar-refractivity contribution in [3.63, 3.8) is 0 Å². The molecule has 0 amide bonds. The van der Waals surface area contributed by atoms with E-state index < -0.39 is 0 Å². The van der Waals surface area contributed by atoms with Gasteiger partial charge >= 0.3 is 75.7 Å². The first-order valence-corrected chi connectivity index (χ1v) is 4.72. The Balaban J connectivity index is 3.36. The zero-order chi connectivity index (χ0) is 8.43. The third kappa shape index (κ3) is 1.72. The molecule has 1 atom stereocenters. The molecule has 0 aromatic carbocycles. The first-order valence-electron chi connectivity index (χ1n) is 3.51. The molecule has 0 saturated carbocycles. The van der Waals surface area contributed by atoms with E-state index in [4.69, 9.17) is 0 Å². The first kappa shape index (κ1) is 8.54. The molecule has 1 nitrogen and oxygen atoms in total. The number of nitrogens with zero attached hydrogens (tertiary/aromatic N) is 1. The molecule has 0 fully saturated rings. The molecular weight excluding hydrogens is 197 g/mol. The van der Waals surface area contributed by atoms with E-state index in [1.807, 2.05) is 13.0 Å². The van der Waals surface area contributed by atoms with Crippen molar-refractivity contribution in [3.05, 3.63) is 29.5 Å². The van der Waals surface area contributed by atoms with Crippen LogP contribution in [0.1, 0.15) is 16.8 Å². The van der Waals surface area contributed by atoms with Crippen molar-refractivity contribution < 1.29 is 0 Å². The molecule has 1 aromatic heterocycles. The van der Waals surface area contributed by atoms with Crippen molar-refractivity contribution in [1.29, 1.82) is 0 Å². The van der Waals surface area contributed by atoms with Crippen molar-refractivity contribution >= 4 is 27.4 Å². The van der Waals surface area contributed by atoms with Gasteiger partial charge in [-0.2, -0.15) is 0 Å². The molecule has 0 spiro atoms. The Bertz CT molecular complexity index is 269. The normalized spacial score (nSPS) is 9.73. The molecule has 0 N–H and O–H groups in total. The molecule has 0 aliphatic rings. The van der Waals surface area contributed by atoms with Crippen LogP contribution in [-0.2, 0) is 0 Å². The third-order valence-electron chi connectivity index (χ3n) is 1.68. The Morgan fingerprint density at radius 1 is 1.55 bits per heavy atom. The van der Waals surface area contributed by atoms with Gasteiger partial charge in [-0.1, -0.05) is 0 Å². The van der Waals surface area contributed by atoms with Gasteiger partial charge in [0.1, 0.15) is 0 Å². The molecule has 2 heteroatoms. The van der Waals surface area contributed by atoms with Crippen LogP contribution in [0.2, 0.25) is 0 Å². The molecule has 1 heterocycles. The van der Waals surface area contributed by atoms with Gasteiger partial charge < -0.3 is 0 Å². The van der Waals surface area contributed by atoms with E-state index in [0.29, 0.717) is 0 Å². The SMILES string of the molecule is C=Cc1c(C)cc([AsH2])nc1C. The Morgan fingerprint density at radius 2 is 2.18 bits per heavy atom. The fourth-order valence-electron chi connectivity index (χ4n) is 1.18. The van der Waals surface area contributed by atoms with Crippen LogP contribution in [0.15, 0.2) is 12.6 Å². The summed E-state index contributed by atoms with van der Waals surface area (Å²) in [4.78, 5) is 4.36. The Labute approximate surface area is 76.0 Å². The maximum atomic E-state index is 4.36. The topological polar surface area (TPSA) is 12.9 Å². The fraction of sp³-hybridized carbons (Fsp3) is 0.222. The van der Waals surface area contributed by atoms with Crippen LogP contribution in [0.3, 0.4) is 0 Å². The van der Waals surface area contributed by atoms with Crippen molar-refractivity contribution in [1.82, 2.24) is 4.98 Å². The summed E-state index contributed by atoms with van der Waals surface area (Å²) in [5.74, 6) is 0. The van der Waals surface area contributed by atoms with Gasteiger partial charge in [0.15, 0.2) is 0 Å². The van der Waals surface area contributed by atoms with Crippen molar-refractivity contribution in [3.8, 4) is 0 Å². The van der Waals surface area contributed by atoms with Crippen molar-refractivity contribution in [2.45, 2.75) is 13.8 Å². The van der Waals surface area contributed by atoms with Gasteiger partial charge in [0, 0.05) is 0 Å². The molecule has 0 bridgehead atoms. The number of aryl methyl sites for hydroxylation is 2. The summed E-state index contributed by atoms with van der Waals surface area (Å²) in [6.45, 7) is 7.86. The van der Waals surface area contributed by atoms with Crippen LogP contribution >= 0.6 is 0 Å². The molecule has 1 unspecified atom stereocenters. The van der Waals surface area contributed by atoms with E-state index in [2.05, 4.69) is 24.6 Å². The van der Waals surface area contributed by atoms with E-state index >= 15 is 0 Å². The molecular formula is C9H12AsN. The molecule has 58 valence electrons. The van der Waals surface area contributed by atoms with Gasteiger partial charge in [-0.15, -0.1) is 0 Å². The summed E-state index contributed by atoms with van der Waals surface area (Å²) >= 11 is 1.57. The van der Waals surface area contributed by atoms with Gasteiger partial charge in [-0.3, -0.25) is 0 Å². The number of rotatable bonds is 1. The predicted molar refractivity (Wildman–Crippen MR) is 52.0 cm³/mol. The van der Waals surface area contributed by atoms with Gasteiger partial charge in [-0.25, -0.2) is 0 Å². The second-order valence-corrected chi connectivity index (χ2v) is 3.81. The van der Waals surface area contributed by atoms with E-state index in [1.54, 1.807) is 16.9 Å². The Hall–Kier alpha value is -0.552. The van der Waals surface area contributed by atoms with Crippen LogP contribution in [-0.4, -0.2) is 21.8 Å². The Kier molecular flexibility index (Phi) is 2.51. The minimum absolute atomic E-state index is 1.08. The van der Waals surface area contributed by atoms with Gasteiger partial charge in [0.05, 0.1) is 0 Å². The van der Waals surface area contributed by atoms with Crippen LogP contribution < -0.4 is 4.48 Å². The van der Waals surface area contributed by atoms with Gasteiger partial charge in [-0.05, 0) is 0 Å². The minimum atomic E-state index is 1.08. The quantitative estimate of drug-likeness (QED) is 0.617. The van der Waals surface area contributed by atoms with E-state index in [9.17, 15) is 0 Å². The van der Waals surface area contributed by atoms with Crippen LogP contribution in [0, 0.1) is 13.8 Å².